The molecule has 1 fully saturated rings. The van der Waals surface area contributed by atoms with Gasteiger partial charge in [-0.25, -0.2) is 0 Å². The van der Waals surface area contributed by atoms with Gasteiger partial charge in [0.2, 0.25) is 0 Å². The van der Waals surface area contributed by atoms with Gasteiger partial charge in [-0.3, -0.25) is 5.01 Å². The first-order valence-electron chi connectivity index (χ1n) is 8.36. The molecule has 21 heavy (non-hydrogen) atoms. The Morgan fingerprint density at radius 2 is 1.81 bits per heavy atom. The molecular formula is C16H27F3N2. The average Bonchev–Trinajstić information content (AvgIpc) is 2.83. The van der Waals surface area contributed by atoms with Gasteiger partial charge in [0.25, 0.3) is 0 Å². The van der Waals surface area contributed by atoms with Crippen LogP contribution in [0.5, 0.6) is 0 Å². The van der Waals surface area contributed by atoms with Crippen molar-refractivity contribution < 1.29 is 13.2 Å². The molecule has 0 spiro atoms. The van der Waals surface area contributed by atoms with Crippen molar-refractivity contribution in [3.8, 4) is 0 Å². The Kier molecular flexibility index (Phi) is 5.94. The zero-order valence-electron chi connectivity index (χ0n) is 12.9. The topological polar surface area (TPSA) is 15.6 Å². The minimum atomic E-state index is -4.15. The third kappa shape index (κ3) is 4.89. The minimum absolute atomic E-state index is 0.0110. The smallest absolute Gasteiger partial charge is 0.284 e. The molecule has 0 bridgehead atoms. The Hall–Kier alpha value is -0.740. The first kappa shape index (κ1) is 16.6. The molecule has 0 amide bonds. The predicted octanol–water partition coefficient (Wildman–Crippen LogP) is 5.00. The fourth-order valence-corrected chi connectivity index (χ4v) is 3.49. The average molecular weight is 304 g/mol. The van der Waals surface area contributed by atoms with Crippen LogP contribution >= 0.6 is 0 Å². The van der Waals surface area contributed by atoms with Crippen molar-refractivity contribution in [3.63, 3.8) is 0 Å². The molecule has 5 heteroatoms. The molecule has 0 aromatic rings. The molecule has 1 atom stereocenters. The van der Waals surface area contributed by atoms with E-state index < -0.39 is 12.2 Å². The summed E-state index contributed by atoms with van der Waals surface area (Å²) in [6.07, 6.45) is 7.19. The lowest BCUT2D eigenvalue weighted by Gasteiger charge is -2.39. The number of rotatable bonds is 8. The number of hydrogen-bond acceptors (Lipinski definition) is 2. The number of hydrazone groups is 1. The summed E-state index contributed by atoms with van der Waals surface area (Å²) in [5, 5.41) is 5.18. The molecule has 2 rings (SSSR count). The number of nitrogens with zero attached hydrogens (tertiary/aromatic N) is 2. The van der Waals surface area contributed by atoms with E-state index in [2.05, 4.69) is 12.0 Å². The molecule has 0 saturated heterocycles. The molecule has 1 aliphatic heterocycles. The predicted molar refractivity (Wildman–Crippen MR) is 79.2 cm³/mol. The minimum Gasteiger partial charge on any atom is -0.284 e. The van der Waals surface area contributed by atoms with Gasteiger partial charge in [0.05, 0.1) is 0 Å². The summed E-state index contributed by atoms with van der Waals surface area (Å²) in [5.74, 6) is 1.15. The van der Waals surface area contributed by atoms with Crippen molar-refractivity contribution in [2.24, 2.45) is 16.9 Å². The van der Waals surface area contributed by atoms with E-state index in [1.54, 1.807) is 0 Å². The molecule has 1 unspecified atom stereocenters. The Balaban J connectivity index is 1.59. The third-order valence-corrected chi connectivity index (χ3v) is 4.79. The van der Waals surface area contributed by atoms with Crippen LogP contribution in [0.25, 0.3) is 0 Å². The van der Waals surface area contributed by atoms with Gasteiger partial charge in [-0.2, -0.15) is 18.3 Å². The van der Waals surface area contributed by atoms with Crippen molar-refractivity contribution in [2.45, 2.75) is 76.9 Å². The zero-order chi connectivity index (χ0) is 15.3. The summed E-state index contributed by atoms with van der Waals surface area (Å²) < 4.78 is 38.4. The van der Waals surface area contributed by atoms with Crippen molar-refractivity contribution in [2.75, 3.05) is 6.54 Å². The molecule has 2 aliphatic rings. The molecule has 0 radical (unpaired) electrons. The molecule has 0 N–H and O–H groups in total. The van der Waals surface area contributed by atoms with Crippen LogP contribution < -0.4 is 0 Å². The van der Waals surface area contributed by atoms with Crippen molar-refractivity contribution >= 4 is 6.21 Å². The van der Waals surface area contributed by atoms with Crippen LogP contribution in [0.15, 0.2) is 5.10 Å². The molecule has 122 valence electrons. The van der Waals surface area contributed by atoms with E-state index in [4.69, 9.17) is 0 Å². The summed E-state index contributed by atoms with van der Waals surface area (Å²) in [7, 11) is 0. The Labute approximate surface area is 125 Å². The van der Waals surface area contributed by atoms with E-state index >= 15 is 0 Å². The summed E-state index contributed by atoms with van der Waals surface area (Å²) in [6, 6.07) is -1.38. The van der Waals surface area contributed by atoms with E-state index in [1.807, 2.05) is 0 Å². The fraction of sp³-hybridized carbons (Fsp3) is 0.938. The maximum Gasteiger partial charge on any atom is 0.410 e. The zero-order valence-corrected chi connectivity index (χ0v) is 12.9. The van der Waals surface area contributed by atoms with Crippen LogP contribution in [-0.4, -0.2) is 30.0 Å². The lowest BCUT2D eigenvalue weighted by Crippen LogP contribution is -2.44. The SMILES string of the molecule is CCCCCCC[C@H]1C[C@@H](CN2N=CCC2C(F)(F)F)C1. The second-order valence-corrected chi connectivity index (χ2v) is 6.62. The maximum atomic E-state index is 12.8. The van der Waals surface area contributed by atoms with Gasteiger partial charge in [-0.1, -0.05) is 45.4 Å². The van der Waals surface area contributed by atoms with Gasteiger partial charge < -0.3 is 0 Å². The summed E-state index contributed by atoms with van der Waals surface area (Å²) in [6.45, 7) is 2.69. The first-order valence-corrected chi connectivity index (χ1v) is 8.36. The molecule has 0 aromatic heterocycles. The van der Waals surface area contributed by atoms with E-state index in [-0.39, 0.29) is 6.42 Å². The normalized spacial score (nSPS) is 29.0. The Bertz CT molecular complexity index is 335. The third-order valence-electron chi connectivity index (χ3n) is 4.79. The summed E-state index contributed by atoms with van der Waals surface area (Å²) in [4.78, 5) is 0. The highest BCUT2D eigenvalue weighted by atomic mass is 19.4. The van der Waals surface area contributed by atoms with Crippen molar-refractivity contribution in [1.29, 1.82) is 0 Å². The Morgan fingerprint density at radius 1 is 1.10 bits per heavy atom. The number of hydrogen-bond donors (Lipinski definition) is 0. The lowest BCUT2D eigenvalue weighted by molar-refractivity contribution is -0.181. The highest BCUT2D eigenvalue weighted by Crippen LogP contribution is 2.39. The highest BCUT2D eigenvalue weighted by Gasteiger charge is 2.46. The van der Waals surface area contributed by atoms with Gasteiger partial charge in [0.15, 0.2) is 0 Å². The molecule has 2 nitrogen and oxygen atoms in total. The van der Waals surface area contributed by atoms with Crippen LogP contribution in [0, 0.1) is 11.8 Å². The monoisotopic (exact) mass is 304 g/mol. The van der Waals surface area contributed by atoms with E-state index in [0.29, 0.717) is 12.5 Å². The molecule has 1 heterocycles. The second-order valence-electron chi connectivity index (χ2n) is 6.62. The highest BCUT2D eigenvalue weighted by molar-refractivity contribution is 5.60. The van der Waals surface area contributed by atoms with Gasteiger partial charge >= 0.3 is 6.18 Å². The molecular weight excluding hydrogens is 277 g/mol. The molecule has 1 aliphatic carbocycles. The quantitative estimate of drug-likeness (QED) is 0.576. The standard InChI is InChI=1S/C16H27F3N2/c1-2-3-4-5-6-7-13-10-14(11-13)12-21-15(8-9-20-21)16(17,18)19/h9,13-15H,2-8,10-12H2,1H3/t13-,14+,15?. The number of halogens is 3. The van der Waals surface area contributed by atoms with Crippen molar-refractivity contribution in [3.05, 3.63) is 0 Å². The summed E-state index contributed by atoms with van der Waals surface area (Å²) in [5.41, 5.74) is 0. The number of unbranched alkanes of at least 4 members (excludes halogenated alkanes) is 4. The van der Waals surface area contributed by atoms with Gasteiger partial charge in [0, 0.05) is 19.2 Å². The first-order chi connectivity index (χ1) is 10.0. The largest absolute Gasteiger partial charge is 0.410 e. The van der Waals surface area contributed by atoms with Crippen molar-refractivity contribution in [1.82, 2.24) is 5.01 Å². The van der Waals surface area contributed by atoms with Gasteiger partial charge in [-0.15, -0.1) is 0 Å². The maximum absolute atomic E-state index is 12.8. The van der Waals surface area contributed by atoms with E-state index in [0.717, 1.165) is 18.8 Å². The molecule has 1 saturated carbocycles. The van der Waals surface area contributed by atoms with E-state index in [9.17, 15) is 13.2 Å². The number of alkyl halides is 3. The Morgan fingerprint density at radius 3 is 2.48 bits per heavy atom. The second kappa shape index (κ2) is 7.50. The van der Waals surface area contributed by atoms with Crippen LogP contribution in [-0.2, 0) is 0 Å². The van der Waals surface area contributed by atoms with Crippen LogP contribution in [0.1, 0.15) is 64.7 Å². The van der Waals surface area contributed by atoms with Crippen LogP contribution in [0.4, 0.5) is 13.2 Å². The van der Waals surface area contributed by atoms with E-state index in [1.165, 1.54) is 49.7 Å². The lowest BCUT2D eigenvalue weighted by atomic mass is 9.72. The summed E-state index contributed by atoms with van der Waals surface area (Å²) >= 11 is 0. The van der Waals surface area contributed by atoms with Gasteiger partial charge in [-0.05, 0) is 24.7 Å². The van der Waals surface area contributed by atoms with Crippen LogP contribution in [0.2, 0.25) is 0 Å². The van der Waals surface area contributed by atoms with Gasteiger partial charge in [0.1, 0.15) is 6.04 Å². The molecule has 0 aromatic carbocycles. The fourth-order valence-electron chi connectivity index (χ4n) is 3.49. The van der Waals surface area contributed by atoms with Crippen LogP contribution in [0.3, 0.4) is 0 Å².